The number of aryl methyl sites for hydroxylation is 1. The third kappa shape index (κ3) is 3.47. The Morgan fingerprint density at radius 2 is 1.48 bits per heavy atom. The average Bonchev–Trinajstić information content (AvgIpc) is 3.15. The molecule has 0 fully saturated rings. The van der Waals surface area contributed by atoms with Crippen LogP contribution in [0.5, 0.6) is 0 Å². The van der Waals surface area contributed by atoms with E-state index in [0.717, 1.165) is 9.65 Å². The highest BCUT2D eigenvalue weighted by atomic mass is 32.2. The quantitative estimate of drug-likeness (QED) is 0.523. The molecule has 10 heteroatoms. The van der Waals surface area contributed by atoms with Crippen LogP contribution in [0.3, 0.4) is 0 Å². The summed E-state index contributed by atoms with van der Waals surface area (Å²) in [6, 6.07) is 18.7. The fourth-order valence-electron chi connectivity index (χ4n) is 2.80. The van der Waals surface area contributed by atoms with Crippen LogP contribution in [0.1, 0.15) is 5.56 Å². The van der Waals surface area contributed by atoms with Crippen LogP contribution in [0, 0.1) is 6.92 Å². The van der Waals surface area contributed by atoms with E-state index in [2.05, 4.69) is 15.0 Å². The summed E-state index contributed by atoms with van der Waals surface area (Å²) in [6.45, 7) is 1.85. The third-order valence-electron chi connectivity index (χ3n) is 4.29. The van der Waals surface area contributed by atoms with Crippen molar-refractivity contribution in [3.05, 3.63) is 78.4 Å². The fourth-order valence-corrected chi connectivity index (χ4v) is 5.10. The van der Waals surface area contributed by atoms with Gasteiger partial charge in [0.15, 0.2) is 0 Å². The van der Waals surface area contributed by atoms with Crippen molar-refractivity contribution in [3.8, 4) is 0 Å². The van der Waals surface area contributed by atoms with Crippen molar-refractivity contribution in [1.29, 1.82) is 0 Å². The van der Waals surface area contributed by atoms with Crippen molar-refractivity contribution in [3.63, 3.8) is 0 Å². The zero-order chi connectivity index (χ0) is 20.6. The van der Waals surface area contributed by atoms with Crippen molar-refractivity contribution in [2.75, 3.05) is 4.72 Å². The van der Waals surface area contributed by atoms with Gasteiger partial charge in [-0.25, -0.2) is 8.42 Å². The van der Waals surface area contributed by atoms with Gasteiger partial charge in [0.2, 0.25) is 0 Å². The fraction of sp³-hybridized carbons (Fsp3) is 0.0526. The lowest BCUT2D eigenvalue weighted by atomic mass is 10.2. The van der Waals surface area contributed by atoms with Gasteiger partial charge in [0.1, 0.15) is 11.0 Å². The Bertz CT molecular complexity index is 1400. The Balaban J connectivity index is 1.79. The van der Waals surface area contributed by atoms with Crippen LogP contribution in [0.15, 0.2) is 82.6 Å². The van der Waals surface area contributed by atoms with E-state index >= 15 is 0 Å². The number of hydrogen-bond acceptors (Lipinski definition) is 6. The van der Waals surface area contributed by atoms with Crippen molar-refractivity contribution in [2.45, 2.75) is 16.7 Å². The van der Waals surface area contributed by atoms with Crippen LogP contribution in [-0.4, -0.2) is 31.2 Å². The first-order chi connectivity index (χ1) is 13.8. The minimum Gasteiger partial charge on any atom is -0.277 e. The molecule has 0 atom stereocenters. The predicted molar refractivity (Wildman–Crippen MR) is 109 cm³/mol. The van der Waals surface area contributed by atoms with Gasteiger partial charge in [0.25, 0.3) is 20.0 Å². The van der Waals surface area contributed by atoms with Crippen molar-refractivity contribution < 1.29 is 16.8 Å². The van der Waals surface area contributed by atoms with Gasteiger partial charge in [0.05, 0.1) is 15.5 Å². The van der Waals surface area contributed by atoms with E-state index in [-0.39, 0.29) is 26.5 Å². The van der Waals surface area contributed by atoms with Gasteiger partial charge in [-0.2, -0.15) is 8.42 Å². The van der Waals surface area contributed by atoms with E-state index < -0.39 is 20.0 Å². The molecule has 0 saturated heterocycles. The molecule has 4 aromatic rings. The third-order valence-corrected chi connectivity index (χ3v) is 7.27. The minimum atomic E-state index is -3.99. The van der Waals surface area contributed by atoms with Crippen LogP contribution >= 0.6 is 0 Å². The maximum absolute atomic E-state index is 13.0. The lowest BCUT2D eigenvalue weighted by molar-refractivity contribution is 0.579. The second-order valence-corrected chi connectivity index (χ2v) is 9.79. The number of nitrogens with one attached hydrogen (secondary N) is 1. The SMILES string of the molecule is Cc1ccc(S(=O)(=O)n2nnc3c(NS(=O)(=O)c4ccccc4)cccc32)cc1. The Labute approximate surface area is 167 Å². The molecule has 1 N–H and O–H groups in total. The summed E-state index contributed by atoms with van der Waals surface area (Å²) in [7, 11) is -7.85. The number of nitrogens with zero attached hydrogens (tertiary/aromatic N) is 3. The van der Waals surface area contributed by atoms with Gasteiger partial charge in [-0.3, -0.25) is 4.72 Å². The van der Waals surface area contributed by atoms with Gasteiger partial charge in [-0.1, -0.05) is 47.2 Å². The lowest BCUT2D eigenvalue weighted by Gasteiger charge is -2.09. The highest BCUT2D eigenvalue weighted by Gasteiger charge is 2.23. The zero-order valence-corrected chi connectivity index (χ0v) is 16.9. The van der Waals surface area contributed by atoms with E-state index in [1.807, 2.05) is 6.92 Å². The Morgan fingerprint density at radius 1 is 0.793 bits per heavy atom. The number of fused-ring (bicyclic) bond motifs is 1. The number of sulfonamides is 1. The van der Waals surface area contributed by atoms with Crippen LogP contribution in [-0.2, 0) is 20.0 Å². The molecule has 0 amide bonds. The van der Waals surface area contributed by atoms with Crippen molar-refractivity contribution in [2.24, 2.45) is 0 Å². The topological polar surface area (TPSA) is 111 Å². The van der Waals surface area contributed by atoms with Crippen molar-refractivity contribution >= 4 is 36.8 Å². The molecule has 1 aromatic heterocycles. The molecule has 4 rings (SSSR count). The van der Waals surface area contributed by atoms with Crippen LogP contribution < -0.4 is 4.72 Å². The molecule has 3 aromatic carbocycles. The standard InChI is InChI=1S/C19H16N4O4S2/c1-14-10-12-16(13-11-14)29(26,27)23-18-9-5-8-17(19(18)20-22-23)21-28(24,25)15-6-3-2-4-7-15/h2-13,21H,1H3. The molecular formula is C19H16N4O4S2. The second-order valence-electron chi connectivity index (χ2n) is 6.34. The minimum absolute atomic E-state index is 0.0603. The molecule has 0 aliphatic rings. The lowest BCUT2D eigenvalue weighted by Crippen LogP contribution is -2.15. The predicted octanol–water partition coefficient (Wildman–Crippen LogP) is 2.78. The summed E-state index contributed by atoms with van der Waals surface area (Å²) in [6.07, 6.45) is 0. The number of benzene rings is 3. The summed E-state index contributed by atoms with van der Waals surface area (Å²) in [5.74, 6) is 0. The van der Waals surface area contributed by atoms with Gasteiger partial charge >= 0.3 is 0 Å². The second kappa shape index (κ2) is 6.98. The molecular weight excluding hydrogens is 412 g/mol. The molecule has 0 radical (unpaired) electrons. The van der Waals surface area contributed by atoms with Crippen LogP contribution in [0.4, 0.5) is 5.69 Å². The summed E-state index contributed by atoms with van der Waals surface area (Å²) in [5.41, 5.74) is 1.35. The maximum atomic E-state index is 13.0. The Morgan fingerprint density at radius 3 is 2.17 bits per heavy atom. The van der Waals surface area contributed by atoms with E-state index in [0.29, 0.717) is 0 Å². The van der Waals surface area contributed by atoms with Crippen molar-refractivity contribution in [1.82, 2.24) is 14.4 Å². The molecule has 0 aliphatic heterocycles. The molecule has 0 spiro atoms. The van der Waals surface area contributed by atoms with E-state index in [1.165, 1.54) is 42.5 Å². The smallest absolute Gasteiger partial charge is 0.277 e. The first kappa shape index (κ1) is 19.1. The van der Waals surface area contributed by atoms with Gasteiger partial charge in [0, 0.05) is 0 Å². The molecule has 29 heavy (non-hydrogen) atoms. The van der Waals surface area contributed by atoms with E-state index in [1.54, 1.807) is 30.3 Å². The number of aromatic nitrogens is 3. The molecule has 0 unspecified atom stereocenters. The normalized spacial score (nSPS) is 12.2. The largest absolute Gasteiger partial charge is 0.284 e. The molecule has 8 nitrogen and oxygen atoms in total. The van der Waals surface area contributed by atoms with Gasteiger partial charge < -0.3 is 0 Å². The molecule has 148 valence electrons. The molecule has 0 aliphatic carbocycles. The maximum Gasteiger partial charge on any atom is 0.284 e. The van der Waals surface area contributed by atoms with Gasteiger partial charge in [-0.05, 0) is 43.3 Å². The molecule has 0 bridgehead atoms. The first-order valence-corrected chi connectivity index (χ1v) is 11.5. The zero-order valence-electron chi connectivity index (χ0n) is 15.2. The van der Waals surface area contributed by atoms with E-state index in [9.17, 15) is 16.8 Å². The van der Waals surface area contributed by atoms with Gasteiger partial charge in [-0.15, -0.1) is 9.19 Å². The first-order valence-electron chi connectivity index (χ1n) is 8.53. The molecule has 1 heterocycles. The van der Waals surface area contributed by atoms with E-state index in [4.69, 9.17) is 0 Å². The summed E-state index contributed by atoms with van der Waals surface area (Å²) >= 11 is 0. The highest BCUT2D eigenvalue weighted by molar-refractivity contribution is 7.92. The summed E-state index contributed by atoms with van der Waals surface area (Å²) < 4.78 is 54.4. The molecule has 0 saturated carbocycles. The number of hydrogen-bond donors (Lipinski definition) is 1. The van der Waals surface area contributed by atoms with Crippen LogP contribution in [0.2, 0.25) is 0 Å². The monoisotopic (exact) mass is 428 g/mol. The average molecular weight is 428 g/mol. The highest BCUT2D eigenvalue weighted by Crippen LogP contribution is 2.26. The Kier molecular flexibility index (Phi) is 4.59. The number of rotatable bonds is 5. The summed E-state index contributed by atoms with van der Waals surface area (Å²) in [5, 5.41) is 7.69. The Hall–Kier alpha value is -3.24. The summed E-state index contributed by atoms with van der Waals surface area (Å²) in [4.78, 5) is 0.141. The number of anilines is 1. The van der Waals surface area contributed by atoms with Crippen LogP contribution in [0.25, 0.3) is 11.0 Å².